The first-order valence-corrected chi connectivity index (χ1v) is 18.7. The second kappa shape index (κ2) is 14.7. The van der Waals surface area contributed by atoms with Gasteiger partial charge in [-0.15, -0.1) is 0 Å². The van der Waals surface area contributed by atoms with Crippen LogP contribution in [0.5, 0.6) is 11.5 Å². The minimum absolute atomic E-state index is 0.0233. The highest BCUT2D eigenvalue weighted by Crippen LogP contribution is 2.46. The monoisotopic (exact) mass is 778 g/mol. The van der Waals surface area contributed by atoms with Crippen molar-refractivity contribution in [2.24, 2.45) is 0 Å². The van der Waals surface area contributed by atoms with Crippen molar-refractivity contribution in [1.82, 2.24) is 5.32 Å². The summed E-state index contributed by atoms with van der Waals surface area (Å²) in [6.45, 7) is -0.0524. The van der Waals surface area contributed by atoms with E-state index in [1.807, 2.05) is 51.3 Å². The van der Waals surface area contributed by atoms with Gasteiger partial charge in [0.05, 0.1) is 17.5 Å². The van der Waals surface area contributed by atoms with Gasteiger partial charge < -0.3 is 34.7 Å². The molecular formula is C46H40N3O9+. The number of carboxylic acid groups (broad SMARTS) is 2. The van der Waals surface area contributed by atoms with E-state index in [1.54, 1.807) is 36.4 Å². The fourth-order valence-corrected chi connectivity index (χ4v) is 8.03. The van der Waals surface area contributed by atoms with Crippen LogP contribution in [0, 0.1) is 0 Å². The smallest absolute Gasteiger partial charge is 0.336 e. The van der Waals surface area contributed by atoms with Gasteiger partial charge in [0.1, 0.15) is 43.0 Å². The Morgan fingerprint density at radius 3 is 2.28 bits per heavy atom. The van der Waals surface area contributed by atoms with Crippen LogP contribution < -0.4 is 20.4 Å². The van der Waals surface area contributed by atoms with Gasteiger partial charge in [-0.1, -0.05) is 18.2 Å². The highest BCUT2D eigenvalue weighted by atomic mass is 16.5. The van der Waals surface area contributed by atoms with E-state index in [0.29, 0.717) is 51.8 Å². The van der Waals surface area contributed by atoms with E-state index in [2.05, 4.69) is 9.89 Å². The maximum absolute atomic E-state index is 13.6. The Morgan fingerprint density at radius 1 is 0.810 bits per heavy atom. The zero-order valence-electron chi connectivity index (χ0n) is 32.3. The zero-order chi connectivity index (χ0) is 41.0. The highest BCUT2D eigenvalue weighted by molar-refractivity contribution is 6.08. The molecule has 1 fully saturated rings. The van der Waals surface area contributed by atoms with Gasteiger partial charge in [-0.2, -0.15) is 0 Å². The summed E-state index contributed by atoms with van der Waals surface area (Å²) in [7, 11) is 7.93. The molecule has 4 aromatic rings. The van der Waals surface area contributed by atoms with Gasteiger partial charge in [0.15, 0.2) is 11.1 Å². The molecule has 4 aliphatic rings. The normalized spacial score (nSPS) is 14.8. The van der Waals surface area contributed by atoms with Crippen LogP contribution in [0.25, 0.3) is 39.0 Å². The zero-order valence-corrected chi connectivity index (χ0v) is 32.3. The van der Waals surface area contributed by atoms with Gasteiger partial charge in [-0.25, -0.2) is 14.2 Å². The quantitative estimate of drug-likeness (QED) is 0.0922. The maximum Gasteiger partial charge on any atom is 0.336 e. The molecule has 2 aliphatic carbocycles. The average molecular weight is 779 g/mol. The molecule has 1 unspecified atom stereocenters. The van der Waals surface area contributed by atoms with Gasteiger partial charge in [-0.05, 0) is 88.9 Å². The molecule has 58 heavy (non-hydrogen) atoms. The van der Waals surface area contributed by atoms with Crippen molar-refractivity contribution in [3.63, 3.8) is 0 Å². The number of benzene rings is 5. The molecule has 0 radical (unpaired) electrons. The van der Waals surface area contributed by atoms with Crippen molar-refractivity contribution in [1.29, 1.82) is 0 Å². The van der Waals surface area contributed by atoms with E-state index in [9.17, 15) is 34.5 Å². The van der Waals surface area contributed by atoms with Crippen molar-refractivity contribution in [2.75, 3.05) is 33.1 Å². The van der Waals surface area contributed by atoms with Gasteiger partial charge >= 0.3 is 11.9 Å². The maximum atomic E-state index is 13.6. The predicted octanol–water partition coefficient (Wildman–Crippen LogP) is 7.12. The second-order valence-electron chi connectivity index (χ2n) is 15.0. The van der Waals surface area contributed by atoms with Crippen LogP contribution >= 0.6 is 0 Å². The van der Waals surface area contributed by atoms with E-state index >= 15 is 0 Å². The molecule has 2 aliphatic heterocycles. The molecule has 1 atom stereocenters. The summed E-state index contributed by atoms with van der Waals surface area (Å²) in [6, 6.07) is 24.1. The Morgan fingerprint density at radius 2 is 1.53 bits per heavy atom. The summed E-state index contributed by atoms with van der Waals surface area (Å²) in [5.74, 6) is -2.10. The van der Waals surface area contributed by atoms with Crippen molar-refractivity contribution >= 4 is 45.8 Å². The number of nitrogens with zero attached hydrogens (tertiary/aromatic N) is 2. The summed E-state index contributed by atoms with van der Waals surface area (Å²) in [5.41, 5.74) is 7.17. The summed E-state index contributed by atoms with van der Waals surface area (Å²) >= 11 is 0. The molecule has 12 heteroatoms. The largest absolute Gasteiger partial charge is 0.508 e. The number of aromatic hydroxyl groups is 1. The topological polar surface area (TPSA) is 170 Å². The minimum Gasteiger partial charge on any atom is -0.508 e. The molecule has 8 rings (SSSR count). The van der Waals surface area contributed by atoms with Crippen LogP contribution in [0.2, 0.25) is 0 Å². The number of hydrogen-bond donors (Lipinski definition) is 4. The number of carbonyl (C=O) groups is 3. The van der Waals surface area contributed by atoms with Gasteiger partial charge in [0, 0.05) is 78.6 Å². The van der Waals surface area contributed by atoms with E-state index in [0.717, 1.165) is 28.8 Å². The summed E-state index contributed by atoms with van der Waals surface area (Å²) < 4.78 is 14.6. The Hall–Kier alpha value is -7.21. The van der Waals surface area contributed by atoms with E-state index in [1.165, 1.54) is 42.1 Å². The van der Waals surface area contributed by atoms with Crippen LogP contribution in [0.1, 0.15) is 67.0 Å². The molecule has 1 amide bonds. The van der Waals surface area contributed by atoms with E-state index in [-0.39, 0.29) is 51.9 Å². The number of carbonyl (C=O) groups excluding carboxylic acids is 1. The SMILES string of the molecule is CN(C)c1ccc2c(c1)OC1CC(=[N+](C)C)CCC1=C2c1ccc(C(=O)NCc2ccc(-c3c4ccc(=O)cc-4oc4cc(O)ccc34)c(C(=O)O)c2)cc1C(=O)O. The molecule has 292 valence electrons. The van der Waals surface area contributed by atoms with Crippen LogP contribution in [0.4, 0.5) is 5.69 Å². The van der Waals surface area contributed by atoms with Crippen molar-refractivity contribution in [3.05, 3.63) is 140 Å². The molecule has 2 heterocycles. The first-order chi connectivity index (χ1) is 27.8. The lowest BCUT2D eigenvalue weighted by atomic mass is 9.79. The fraction of sp³-hybridized carbons (Fsp3) is 0.196. The van der Waals surface area contributed by atoms with Gasteiger partial charge in [0.2, 0.25) is 0 Å². The number of phenolic OH excluding ortho intramolecular Hbond substituents is 1. The first-order valence-electron chi connectivity index (χ1n) is 18.7. The van der Waals surface area contributed by atoms with Crippen LogP contribution in [0.3, 0.4) is 0 Å². The van der Waals surface area contributed by atoms with Crippen LogP contribution in [0.15, 0.2) is 106 Å². The lowest BCUT2D eigenvalue weighted by Crippen LogP contribution is -2.34. The third kappa shape index (κ3) is 6.82. The van der Waals surface area contributed by atoms with Crippen molar-refractivity contribution in [2.45, 2.75) is 31.9 Å². The first kappa shape index (κ1) is 37.7. The number of nitrogens with one attached hydrogen (secondary N) is 1. The fourth-order valence-electron chi connectivity index (χ4n) is 8.03. The summed E-state index contributed by atoms with van der Waals surface area (Å²) in [5, 5.41) is 34.4. The Kier molecular flexibility index (Phi) is 9.56. The van der Waals surface area contributed by atoms with Crippen LogP contribution in [-0.4, -0.2) is 77.7 Å². The second-order valence-corrected chi connectivity index (χ2v) is 15.0. The van der Waals surface area contributed by atoms with Gasteiger partial charge in [0.25, 0.3) is 5.91 Å². The third-order valence-corrected chi connectivity index (χ3v) is 11.0. The van der Waals surface area contributed by atoms with E-state index in [4.69, 9.17) is 9.15 Å². The molecule has 0 aromatic heterocycles. The Labute approximate surface area is 332 Å². The number of carboxylic acids is 2. The molecule has 0 spiro atoms. The molecule has 12 nitrogen and oxygen atoms in total. The third-order valence-electron chi connectivity index (χ3n) is 11.0. The molecule has 0 saturated heterocycles. The molecule has 4 N–H and O–H groups in total. The summed E-state index contributed by atoms with van der Waals surface area (Å²) in [4.78, 5) is 53.5. The molecule has 0 bridgehead atoms. The number of phenols is 1. The number of rotatable bonds is 8. The lowest BCUT2D eigenvalue weighted by molar-refractivity contribution is -0.467. The highest BCUT2D eigenvalue weighted by Gasteiger charge is 2.37. The molecular weight excluding hydrogens is 739 g/mol. The lowest BCUT2D eigenvalue weighted by Gasteiger charge is -2.35. The Balaban J connectivity index is 1.12. The molecule has 1 saturated carbocycles. The van der Waals surface area contributed by atoms with Gasteiger partial charge in [-0.3, -0.25) is 9.59 Å². The number of fused-ring (bicyclic) bond motifs is 4. The van der Waals surface area contributed by atoms with Crippen LogP contribution in [-0.2, 0) is 6.54 Å². The van der Waals surface area contributed by atoms with E-state index < -0.39 is 17.8 Å². The van der Waals surface area contributed by atoms with Crippen molar-refractivity contribution in [3.8, 4) is 33.9 Å². The molecule has 4 aromatic carbocycles. The number of hydrogen-bond acceptors (Lipinski definition) is 8. The number of ether oxygens (including phenoxy) is 1. The summed E-state index contributed by atoms with van der Waals surface area (Å²) in [6.07, 6.45) is 1.90. The number of aromatic carboxylic acids is 2. The number of anilines is 1. The minimum atomic E-state index is -1.22. The standard InChI is InChI=1S/C46H39N3O9/c1-48(2)26-7-13-32-38(19-26)57-39-20-27(49(3)4)8-14-33(39)43(32)31-12-6-25(18-37(31)46(55)56)44(52)47-23-24-5-11-30(36(17-24)45(53)54)42-34-15-9-28(50)21-40(34)58-41-22-29(51)10-16-35(41)42/h5-7,9-13,15-19,21-22,39H,8,14,20,23H2,1-4H3,(H3-,47,50,51,52,53,54,55,56)/p+1. The van der Waals surface area contributed by atoms with Crippen molar-refractivity contribution < 1.29 is 43.4 Å². The average Bonchev–Trinajstić information content (AvgIpc) is 3.20. The Bertz CT molecular complexity index is 2810. The number of amides is 1. The predicted molar refractivity (Wildman–Crippen MR) is 220 cm³/mol.